The minimum Gasteiger partial charge on any atom is -0.355 e. The molecule has 0 bridgehead atoms. The van der Waals surface area contributed by atoms with Crippen molar-refractivity contribution >= 4 is 17.7 Å². The van der Waals surface area contributed by atoms with Crippen molar-refractivity contribution in [1.82, 2.24) is 20.1 Å². The van der Waals surface area contributed by atoms with E-state index in [1.807, 2.05) is 7.05 Å². The van der Waals surface area contributed by atoms with Gasteiger partial charge in [-0.2, -0.15) is 0 Å². The van der Waals surface area contributed by atoms with Crippen LogP contribution in [0.15, 0.2) is 5.16 Å². The van der Waals surface area contributed by atoms with E-state index in [-0.39, 0.29) is 5.91 Å². The fourth-order valence-electron chi connectivity index (χ4n) is 2.07. The molecule has 1 aromatic rings. The molecule has 0 spiro atoms. The predicted octanol–water partition coefficient (Wildman–Crippen LogP) is 1.70. The summed E-state index contributed by atoms with van der Waals surface area (Å²) in [6, 6.07) is 0. The van der Waals surface area contributed by atoms with Crippen LogP contribution in [0.3, 0.4) is 0 Å². The number of aromatic nitrogens is 3. The van der Waals surface area contributed by atoms with E-state index < -0.39 is 0 Å². The van der Waals surface area contributed by atoms with Gasteiger partial charge in [-0.15, -0.1) is 10.2 Å². The van der Waals surface area contributed by atoms with E-state index in [4.69, 9.17) is 0 Å². The third-order valence-corrected chi connectivity index (χ3v) is 4.33. The summed E-state index contributed by atoms with van der Waals surface area (Å²) in [5.41, 5.74) is 0. The highest BCUT2D eigenvalue weighted by Crippen LogP contribution is 2.25. The predicted molar refractivity (Wildman–Crippen MR) is 71.6 cm³/mol. The molecule has 1 aliphatic rings. The van der Waals surface area contributed by atoms with E-state index in [2.05, 4.69) is 27.0 Å². The van der Waals surface area contributed by atoms with E-state index in [1.165, 1.54) is 12.8 Å². The number of nitrogens with zero attached hydrogens (tertiary/aromatic N) is 3. The lowest BCUT2D eigenvalue weighted by Gasteiger charge is -2.21. The maximum atomic E-state index is 11.1. The molecule has 0 radical (unpaired) electrons. The summed E-state index contributed by atoms with van der Waals surface area (Å²) in [7, 11) is 2.01. The first kappa shape index (κ1) is 13.4. The maximum Gasteiger partial charge on any atom is 0.220 e. The van der Waals surface area contributed by atoms with Gasteiger partial charge in [-0.05, 0) is 12.8 Å². The Kier molecular flexibility index (Phi) is 4.63. The molecule has 2 heterocycles. The Balaban J connectivity index is 1.99. The first-order valence-electron chi connectivity index (χ1n) is 6.51. The smallest absolute Gasteiger partial charge is 0.220 e. The zero-order valence-corrected chi connectivity index (χ0v) is 11.8. The zero-order chi connectivity index (χ0) is 13.0. The molecule has 0 aliphatic carbocycles. The lowest BCUT2D eigenvalue weighted by atomic mass is 9.98. The monoisotopic (exact) mass is 268 g/mol. The van der Waals surface area contributed by atoms with Crippen LogP contribution in [0.1, 0.15) is 44.3 Å². The molecule has 1 atom stereocenters. The molecule has 5 nitrogen and oxygen atoms in total. The molecule has 100 valence electrons. The van der Waals surface area contributed by atoms with Gasteiger partial charge < -0.3 is 9.88 Å². The standard InChI is InChI=1S/C12H20N4OS/c1-3-4-7-18-12-15-14-11(16(12)2)9-5-6-10(17)13-8-9/h9H,3-8H2,1-2H3,(H,13,17). The zero-order valence-electron chi connectivity index (χ0n) is 11.0. The van der Waals surface area contributed by atoms with Crippen LogP contribution >= 0.6 is 11.8 Å². The second kappa shape index (κ2) is 6.22. The number of amides is 1. The number of nitrogens with one attached hydrogen (secondary N) is 1. The normalized spacial score (nSPS) is 19.9. The van der Waals surface area contributed by atoms with Gasteiger partial charge in [0.05, 0.1) is 0 Å². The largest absolute Gasteiger partial charge is 0.355 e. The van der Waals surface area contributed by atoms with Crippen molar-refractivity contribution in [2.75, 3.05) is 12.3 Å². The van der Waals surface area contributed by atoms with Gasteiger partial charge in [0.25, 0.3) is 0 Å². The lowest BCUT2D eigenvalue weighted by molar-refractivity contribution is -0.122. The van der Waals surface area contributed by atoms with E-state index in [9.17, 15) is 4.79 Å². The molecule has 1 N–H and O–H groups in total. The summed E-state index contributed by atoms with van der Waals surface area (Å²) in [4.78, 5) is 11.1. The van der Waals surface area contributed by atoms with Crippen LogP contribution in [-0.2, 0) is 11.8 Å². The molecule has 1 aromatic heterocycles. The van der Waals surface area contributed by atoms with Gasteiger partial charge in [0.2, 0.25) is 5.91 Å². The molecule has 1 unspecified atom stereocenters. The fraction of sp³-hybridized carbons (Fsp3) is 0.750. The number of hydrogen-bond donors (Lipinski definition) is 1. The van der Waals surface area contributed by atoms with E-state index in [0.717, 1.165) is 23.2 Å². The number of hydrogen-bond acceptors (Lipinski definition) is 4. The highest BCUT2D eigenvalue weighted by molar-refractivity contribution is 7.99. The van der Waals surface area contributed by atoms with Gasteiger partial charge in [-0.1, -0.05) is 25.1 Å². The minimum absolute atomic E-state index is 0.144. The van der Waals surface area contributed by atoms with Crippen LogP contribution < -0.4 is 5.32 Å². The fourth-order valence-corrected chi connectivity index (χ4v) is 3.07. The van der Waals surface area contributed by atoms with Crippen molar-refractivity contribution < 1.29 is 4.79 Å². The molecule has 1 saturated heterocycles. The summed E-state index contributed by atoms with van der Waals surface area (Å²) in [5.74, 6) is 2.53. The first-order chi connectivity index (χ1) is 8.72. The average molecular weight is 268 g/mol. The Morgan fingerprint density at radius 3 is 3.00 bits per heavy atom. The third-order valence-electron chi connectivity index (χ3n) is 3.23. The van der Waals surface area contributed by atoms with Gasteiger partial charge in [0, 0.05) is 31.7 Å². The molecule has 6 heteroatoms. The molecule has 0 aromatic carbocycles. The van der Waals surface area contributed by atoms with Crippen molar-refractivity contribution in [1.29, 1.82) is 0 Å². The first-order valence-corrected chi connectivity index (χ1v) is 7.49. The number of carbonyl (C=O) groups is 1. The van der Waals surface area contributed by atoms with Gasteiger partial charge in [0.15, 0.2) is 5.16 Å². The van der Waals surface area contributed by atoms with E-state index >= 15 is 0 Å². The molecular formula is C12H20N4OS. The molecule has 18 heavy (non-hydrogen) atoms. The van der Waals surface area contributed by atoms with Crippen LogP contribution in [-0.4, -0.2) is 33.0 Å². The summed E-state index contributed by atoms with van der Waals surface area (Å²) in [5, 5.41) is 12.4. The van der Waals surface area contributed by atoms with Gasteiger partial charge in [-0.3, -0.25) is 4.79 Å². The summed E-state index contributed by atoms with van der Waals surface area (Å²) < 4.78 is 2.07. The molecule has 2 rings (SSSR count). The summed E-state index contributed by atoms with van der Waals surface area (Å²) in [6.45, 7) is 2.87. The number of thioether (sulfide) groups is 1. The van der Waals surface area contributed by atoms with Crippen molar-refractivity contribution in [2.24, 2.45) is 7.05 Å². The SMILES string of the molecule is CCCCSc1nnc(C2CCC(=O)NC2)n1C. The van der Waals surface area contributed by atoms with Crippen molar-refractivity contribution in [3.05, 3.63) is 5.82 Å². The number of rotatable bonds is 5. The van der Waals surface area contributed by atoms with Crippen LogP contribution in [0.2, 0.25) is 0 Å². The van der Waals surface area contributed by atoms with Crippen LogP contribution in [0.4, 0.5) is 0 Å². The second-order valence-electron chi connectivity index (χ2n) is 4.64. The quantitative estimate of drug-likeness (QED) is 0.652. The summed E-state index contributed by atoms with van der Waals surface area (Å²) >= 11 is 1.76. The summed E-state index contributed by atoms with van der Waals surface area (Å²) in [6.07, 6.45) is 3.87. The van der Waals surface area contributed by atoms with Crippen molar-refractivity contribution in [3.8, 4) is 0 Å². The minimum atomic E-state index is 0.144. The van der Waals surface area contributed by atoms with E-state index in [0.29, 0.717) is 18.9 Å². The molecule has 0 saturated carbocycles. The van der Waals surface area contributed by atoms with Gasteiger partial charge >= 0.3 is 0 Å². The van der Waals surface area contributed by atoms with Crippen LogP contribution in [0.25, 0.3) is 0 Å². The van der Waals surface area contributed by atoms with Crippen LogP contribution in [0.5, 0.6) is 0 Å². The Morgan fingerprint density at radius 2 is 2.33 bits per heavy atom. The Morgan fingerprint density at radius 1 is 1.50 bits per heavy atom. The molecule has 1 fully saturated rings. The second-order valence-corrected chi connectivity index (χ2v) is 5.70. The molecule has 1 aliphatic heterocycles. The Bertz CT molecular complexity index is 408. The third kappa shape index (κ3) is 3.04. The van der Waals surface area contributed by atoms with Crippen molar-refractivity contribution in [3.63, 3.8) is 0 Å². The molecular weight excluding hydrogens is 248 g/mol. The Labute approximate surface area is 112 Å². The highest BCUT2D eigenvalue weighted by Gasteiger charge is 2.24. The lowest BCUT2D eigenvalue weighted by Crippen LogP contribution is -2.34. The number of carbonyl (C=O) groups excluding carboxylic acids is 1. The topological polar surface area (TPSA) is 59.8 Å². The van der Waals surface area contributed by atoms with E-state index in [1.54, 1.807) is 11.8 Å². The highest BCUT2D eigenvalue weighted by atomic mass is 32.2. The van der Waals surface area contributed by atoms with Crippen molar-refractivity contribution in [2.45, 2.75) is 43.7 Å². The molecule has 1 amide bonds. The Hall–Kier alpha value is -1.04. The number of piperidine rings is 1. The van der Waals surface area contributed by atoms with Gasteiger partial charge in [-0.25, -0.2) is 0 Å². The average Bonchev–Trinajstić information content (AvgIpc) is 2.73. The van der Waals surface area contributed by atoms with Crippen LogP contribution in [0, 0.1) is 0 Å². The number of unbranched alkanes of at least 4 members (excludes halogenated alkanes) is 1. The van der Waals surface area contributed by atoms with Gasteiger partial charge in [0.1, 0.15) is 5.82 Å². The maximum absolute atomic E-state index is 11.1.